The fourth-order valence-corrected chi connectivity index (χ4v) is 2.10. The number of aromatic nitrogens is 2. The molecule has 3 heteroatoms. The number of nitrogens with zero attached hydrogens (tertiary/aromatic N) is 2. The Morgan fingerprint density at radius 3 is 2.80 bits per heavy atom. The summed E-state index contributed by atoms with van der Waals surface area (Å²) in [5.41, 5.74) is 1.85. The van der Waals surface area contributed by atoms with Crippen molar-refractivity contribution in [3.05, 3.63) is 27.4 Å². The van der Waals surface area contributed by atoms with E-state index < -0.39 is 0 Å². The van der Waals surface area contributed by atoms with Crippen LogP contribution in [0.3, 0.4) is 0 Å². The molecular weight excluding hydrogens is 188 g/mol. The third kappa shape index (κ3) is 1.83. The van der Waals surface area contributed by atoms with E-state index in [1.807, 2.05) is 18.4 Å². The fourth-order valence-electron chi connectivity index (χ4n) is 2.10. The number of hydrogen-bond acceptors (Lipinski definition) is 2. The summed E-state index contributed by atoms with van der Waals surface area (Å²) in [7, 11) is 0. The third-order valence-electron chi connectivity index (χ3n) is 3.42. The van der Waals surface area contributed by atoms with E-state index in [0.29, 0.717) is 5.92 Å². The van der Waals surface area contributed by atoms with Crippen LogP contribution in [-0.4, -0.2) is 9.55 Å². The van der Waals surface area contributed by atoms with Gasteiger partial charge in [-0.1, -0.05) is 6.92 Å². The molecule has 2 rings (SSSR count). The van der Waals surface area contributed by atoms with E-state index in [1.165, 1.54) is 0 Å². The van der Waals surface area contributed by atoms with Crippen molar-refractivity contribution in [3.8, 4) is 0 Å². The van der Waals surface area contributed by atoms with Gasteiger partial charge in [0.15, 0.2) is 0 Å². The lowest BCUT2D eigenvalue weighted by Crippen LogP contribution is -2.27. The van der Waals surface area contributed by atoms with Crippen molar-refractivity contribution < 1.29 is 0 Å². The highest BCUT2D eigenvalue weighted by molar-refractivity contribution is 5.16. The van der Waals surface area contributed by atoms with Crippen LogP contribution in [0.5, 0.6) is 0 Å². The van der Waals surface area contributed by atoms with Crippen LogP contribution in [0.15, 0.2) is 4.79 Å². The Hall–Kier alpha value is -1.12. The Bertz CT molecular complexity index is 434. The maximum absolute atomic E-state index is 12.0. The molecule has 0 radical (unpaired) electrons. The van der Waals surface area contributed by atoms with E-state index >= 15 is 0 Å². The molecular formula is C12H18N2O. The molecule has 15 heavy (non-hydrogen) atoms. The molecule has 0 amide bonds. The van der Waals surface area contributed by atoms with Crippen LogP contribution in [0.25, 0.3) is 0 Å². The molecule has 1 aromatic heterocycles. The zero-order chi connectivity index (χ0) is 11.0. The van der Waals surface area contributed by atoms with Crippen LogP contribution in [-0.2, 0) is 13.0 Å². The van der Waals surface area contributed by atoms with Crippen molar-refractivity contribution in [2.45, 2.75) is 46.6 Å². The average Bonchev–Trinajstić information content (AvgIpc) is 2.38. The second-order valence-corrected chi connectivity index (χ2v) is 4.63. The Morgan fingerprint density at radius 2 is 2.07 bits per heavy atom. The molecule has 0 aliphatic carbocycles. The fraction of sp³-hybridized carbons (Fsp3) is 0.667. The molecule has 0 saturated carbocycles. The lowest BCUT2D eigenvalue weighted by atomic mass is 10.0. The maximum Gasteiger partial charge on any atom is 0.256 e. The van der Waals surface area contributed by atoms with Gasteiger partial charge in [-0.3, -0.25) is 9.36 Å². The SMILES string of the molecule is Cc1nc2n(c(=O)c1C)CCC(C)CC2. The standard InChI is InChI=1S/C12H18N2O/c1-8-4-5-11-13-10(3)9(2)12(15)14(11)7-6-8/h8H,4-7H2,1-3H3. The van der Waals surface area contributed by atoms with Crippen molar-refractivity contribution in [3.63, 3.8) is 0 Å². The van der Waals surface area contributed by atoms with E-state index in [2.05, 4.69) is 11.9 Å². The second kappa shape index (κ2) is 3.80. The van der Waals surface area contributed by atoms with Gasteiger partial charge in [-0.05, 0) is 32.6 Å². The Kier molecular flexibility index (Phi) is 2.63. The van der Waals surface area contributed by atoms with Gasteiger partial charge in [0.1, 0.15) is 5.82 Å². The zero-order valence-corrected chi connectivity index (χ0v) is 9.71. The summed E-state index contributed by atoms with van der Waals surface area (Å²) >= 11 is 0. The first-order chi connectivity index (χ1) is 7.09. The van der Waals surface area contributed by atoms with Gasteiger partial charge in [0, 0.05) is 24.2 Å². The smallest absolute Gasteiger partial charge is 0.256 e. The number of rotatable bonds is 0. The maximum atomic E-state index is 12.0. The van der Waals surface area contributed by atoms with Gasteiger partial charge in [-0.15, -0.1) is 0 Å². The number of hydrogen-bond donors (Lipinski definition) is 0. The van der Waals surface area contributed by atoms with Crippen LogP contribution >= 0.6 is 0 Å². The van der Waals surface area contributed by atoms with Crippen molar-refractivity contribution in [2.24, 2.45) is 5.92 Å². The van der Waals surface area contributed by atoms with E-state index in [-0.39, 0.29) is 5.56 Å². The minimum atomic E-state index is 0.159. The van der Waals surface area contributed by atoms with E-state index in [0.717, 1.165) is 42.9 Å². The number of fused-ring (bicyclic) bond motifs is 1. The molecule has 0 aromatic carbocycles. The van der Waals surface area contributed by atoms with Crippen LogP contribution in [0.4, 0.5) is 0 Å². The van der Waals surface area contributed by atoms with Gasteiger partial charge < -0.3 is 0 Å². The summed E-state index contributed by atoms with van der Waals surface area (Å²) in [5.74, 6) is 1.68. The van der Waals surface area contributed by atoms with Gasteiger partial charge in [0.25, 0.3) is 5.56 Å². The second-order valence-electron chi connectivity index (χ2n) is 4.63. The lowest BCUT2D eigenvalue weighted by Gasteiger charge is -2.10. The highest BCUT2D eigenvalue weighted by Gasteiger charge is 2.16. The van der Waals surface area contributed by atoms with Crippen LogP contribution in [0, 0.1) is 19.8 Å². The molecule has 0 saturated heterocycles. The molecule has 3 nitrogen and oxygen atoms in total. The van der Waals surface area contributed by atoms with Crippen molar-refractivity contribution in [1.29, 1.82) is 0 Å². The van der Waals surface area contributed by atoms with Crippen molar-refractivity contribution in [1.82, 2.24) is 9.55 Å². The molecule has 2 heterocycles. The summed E-state index contributed by atoms with van der Waals surface area (Å²) in [5, 5.41) is 0. The first-order valence-corrected chi connectivity index (χ1v) is 5.66. The first kappa shape index (κ1) is 10.4. The molecule has 1 aliphatic rings. The molecule has 1 unspecified atom stereocenters. The molecule has 0 N–H and O–H groups in total. The highest BCUT2D eigenvalue weighted by atomic mass is 16.1. The summed E-state index contributed by atoms with van der Waals surface area (Å²) in [6, 6.07) is 0. The van der Waals surface area contributed by atoms with Gasteiger partial charge in [0.05, 0.1) is 0 Å². The molecule has 1 aliphatic heterocycles. The van der Waals surface area contributed by atoms with Crippen LogP contribution in [0.1, 0.15) is 36.8 Å². The van der Waals surface area contributed by atoms with E-state index in [9.17, 15) is 4.79 Å². The van der Waals surface area contributed by atoms with Gasteiger partial charge >= 0.3 is 0 Å². The molecule has 82 valence electrons. The predicted octanol–water partition coefficient (Wildman–Crippen LogP) is 1.83. The van der Waals surface area contributed by atoms with Gasteiger partial charge in [-0.2, -0.15) is 0 Å². The number of aryl methyl sites for hydroxylation is 2. The Labute approximate surface area is 90.2 Å². The lowest BCUT2D eigenvalue weighted by molar-refractivity contribution is 0.482. The third-order valence-corrected chi connectivity index (χ3v) is 3.42. The molecule has 1 atom stereocenters. The van der Waals surface area contributed by atoms with Gasteiger partial charge in [0.2, 0.25) is 0 Å². The highest BCUT2D eigenvalue weighted by Crippen LogP contribution is 2.17. The predicted molar refractivity (Wildman–Crippen MR) is 60.1 cm³/mol. The van der Waals surface area contributed by atoms with E-state index in [4.69, 9.17) is 0 Å². The minimum absolute atomic E-state index is 0.159. The van der Waals surface area contributed by atoms with Crippen molar-refractivity contribution in [2.75, 3.05) is 0 Å². The zero-order valence-electron chi connectivity index (χ0n) is 9.71. The summed E-state index contributed by atoms with van der Waals surface area (Å²) in [4.78, 5) is 16.5. The van der Waals surface area contributed by atoms with Gasteiger partial charge in [-0.25, -0.2) is 4.98 Å². The summed E-state index contributed by atoms with van der Waals surface area (Å²) < 4.78 is 1.87. The molecule has 0 spiro atoms. The van der Waals surface area contributed by atoms with Crippen LogP contribution in [0.2, 0.25) is 0 Å². The molecule has 1 aromatic rings. The Morgan fingerprint density at radius 1 is 1.33 bits per heavy atom. The van der Waals surface area contributed by atoms with Crippen LogP contribution < -0.4 is 5.56 Å². The molecule has 0 fully saturated rings. The van der Waals surface area contributed by atoms with E-state index in [1.54, 1.807) is 0 Å². The minimum Gasteiger partial charge on any atom is -0.296 e. The largest absolute Gasteiger partial charge is 0.296 e. The average molecular weight is 206 g/mol. The monoisotopic (exact) mass is 206 g/mol. The summed E-state index contributed by atoms with van der Waals surface area (Å²) in [6.45, 7) is 6.87. The quantitative estimate of drug-likeness (QED) is 0.649. The first-order valence-electron chi connectivity index (χ1n) is 5.66. The normalized spacial score (nSPS) is 20.9. The molecule has 0 bridgehead atoms. The Balaban J connectivity index is 2.53. The summed E-state index contributed by atoms with van der Waals surface area (Å²) in [6.07, 6.45) is 3.18. The van der Waals surface area contributed by atoms with Crippen molar-refractivity contribution >= 4 is 0 Å². The topological polar surface area (TPSA) is 34.9 Å².